The number of ether oxygens (including phenoxy) is 1. The van der Waals surface area contributed by atoms with Gasteiger partial charge in [-0.3, -0.25) is 4.79 Å². The summed E-state index contributed by atoms with van der Waals surface area (Å²) < 4.78 is 7.63. The first kappa shape index (κ1) is 23.7. The quantitative estimate of drug-likeness (QED) is 0.319. The van der Waals surface area contributed by atoms with Gasteiger partial charge >= 0.3 is 0 Å². The molecule has 0 radical (unpaired) electrons. The summed E-state index contributed by atoms with van der Waals surface area (Å²) in [5.41, 5.74) is 4.55. The molecule has 0 saturated heterocycles. The zero-order valence-electron chi connectivity index (χ0n) is 20.1. The topological polar surface area (TPSA) is 64.3 Å². The van der Waals surface area contributed by atoms with Crippen LogP contribution < -0.4 is 5.56 Å². The summed E-state index contributed by atoms with van der Waals surface area (Å²) in [6, 6.07) is 35.3. The lowest BCUT2D eigenvalue weighted by atomic mass is 9.97. The number of hydrogen-bond acceptors (Lipinski definition) is 4. The van der Waals surface area contributed by atoms with E-state index in [1.807, 2.05) is 97.1 Å². The van der Waals surface area contributed by atoms with Crippen molar-refractivity contribution in [1.29, 1.82) is 0 Å². The van der Waals surface area contributed by atoms with Gasteiger partial charge in [0, 0.05) is 10.9 Å². The Kier molecular flexibility index (Phi) is 7.03. The van der Waals surface area contributed by atoms with Crippen molar-refractivity contribution in [2.24, 2.45) is 0 Å². The highest BCUT2D eigenvalue weighted by Gasteiger charge is 2.20. The van der Waals surface area contributed by atoms with Crippen LogP contribution in [0.2, 0.25) is 0 Å². The van der Waals surface area contributed by atoms with Crippen LogP contribution in [0.4, 0.5) is 0 Å². The van der Waals surface area contributed by atoms with Crippen LogP contribution in [0.3, 0.4) is 0 Å². The fourth-order valence-corrected chi connectivity index (χ4v) is 4.50. The summed E-state index contributed by atoms with van der Waals surface area (Å²) in [6.45, 7) is 2.13. The van der Waals surface area contributed by atoms with Crippen LogP contribution >= 0.6 is 0 Å². The maximum atomic E-state index is 13.2. The molecule has 5 heteroatoms. The van der Waals surface area contributed by atoms with E-state index in [0.29, 0.717) is 11.1 Å². The van der Waals surface area contributed by atoms with E-state index < -0.39 is 6.10 Å². The summed E-state index contributed by atoms with van der Waals surface area (Å²) >= 11 is 0. The van der Waals surface area contributed by atoms with Gasteiger partial charge < -0.3 is 9.84 Å². The molecule has 180 valence electrons. The van der Waals surface area contributed by atoms with E-state index >= 15 is 0 Å². The highest BCUT2D eigenvalue weighted by Crippen LogP contribution is 2.29. The van der Waals surface area contributed by atoms with Gasteiger partial charge in [-0.1, -0.05) is 103 Å². The Morgan fingerprint density at radius 3 is 2.14 bits per heavy atom. The van der Waals surface area contributed by atoms with E-state index in [1.54, 1.807) is 6.07 Å². The minimum Gasteiger partial charge on any atom is -0.389 e. The molecule has 2 atom stereocenters. The molecule has 5 aromatic rings. The molecule has 0 fully saturated rings. The van der Waals surface area contributed by atoms with Gasteiger partial charge in [-0.05, 0) is 29.7 Å². The molecule has 5 nitrogen and oxygen atoms in total. The highest BCUT2D eigenvalue weighted by molar-refractivity contribution is 5.93. The molecular formula is C31H28N2O3. The zero-order valence-corrected chi connectivity index (χ0v) is 20.1. The van der Waals surface area contributed by atoms with Crippen molar-refractivity contribution in [2.75, 3.05) is 6.61 Å². The third-order valence-electron chi connectivity index (χ3n) is 6.33. The zero-order chi connectivity index (χ0) is 24.9. The van der Waals surface area contributed by atoms with Gasteiger partial charge in [0.25, 0.3) is 5.56 Å². The number of aliphatic hydroxyl groups excluding tert-OH is 1. The second-order valence-corrected chi connectivity index (χ2v) is 8.88. The summed E-state index contributed by atoms with van der Waals surface area (Å²) in [5.74, 6) is 0. The van der Waals surface area contributed by atoms with E-state index in [2.05, 4.69) is 18.1 Å². The third kappa shape index (κ3) is 4.98. The molecule has 2 unspecified atom stereocenters. The molecule has 0 amide bonds. The van der Waals surface area contributed by atoms with Crippen molar-refractivity contribution < 1.29 is 9.84 Å². The maximum Gasteiger partial charge on any atom is 0.274 e. The van der Waals surface area contributed by atoms with Gasteiger partial charge in [-0.15, -0.1) is 0 Å². The number of nitrogens with zero attached hydrogens (tertiary/aromatic N) is 2. The molecule has 0 aliphatic carbocycles. The van der Waals surface area contributed by atoms with Crippen molar-refractivity contribution in [3.8, 4) is 11.3 Å². The molecule has 1 heterocycles. The SMILES string of the molecule is Cc1ccccc1C(OCC(O)Cn1nc(-c2ccccc2)c2ccccc2c1=O)c1ccccc1. The molecule has 0 aliphatic rings. The second kappa shape index (κ2) is 10.7. The summed E-state index contributed by atoms with van der Waals surface area (Å²) in [5, 5.41) is 17.0. The Hall–Kier alpha value is -4.06. The number of aliphatic hydroxyl groups is 1. The van der Waals surface area contributed by atoms with Crippen LogP contribution in [0.5, 0.6) is 0 Å². The van der Waals surface area contributed by atoms with E-state index in [-0.39, 0.29) is 24.8 Å². The number of aryl methyl sites for hydroxylation is 1. The lowest BCUT2D eigenvalue weighted by Gasteiger charge is -2.23. The van der Waals surface area contributed by atoms with Crippen LogP contribution in [0, 0.1) is 6.92 Å². The summed E-state index contributed by atoms with van der Waals surface area (Å²) in [7, 11) is 0. The first-order valence-electron chi connectivity index (χ1n) is 12.1. The normalized spacial score (nSPS) is 12.9. The van der Waals surface area contributed by atoms with Crippen molar-refractivity contribution >= 4 is 10.8 Å². The largest absolute Gasteiger partial charge is 0.389 e. The average Bonchev–Trinajstić information content (AvgIpc) is 2.92. The molecule has 0 bridgehead atoms. The standard InChI is InChI=1S/C31H28N2O3/c1-22-12-8-9-17-26(22)30(24-15-6-3-7-16-24)36-21-25(34)20-33-31(35)28-19-11-10-18-27(28)29(32-33)23-13-4-2-5-14-23/h2-19,25,30,34H,20-21H2,1H3. The Morgan fingerprint density at radius 2 is 1.42 bits per heavy atom. The Balaban J connectivity index is 1.42. The van der Waals surface area contributed by atoms with E-state index in [4.69, 9.17) is 4.74 Å². The average molecular weight is 477 g/mol. The third-order valence-corrected chi connectivity index (χ3v) is 6.33. The Bertz CT molecular complexity index is 1510. The maximum absolute atomic E-state index is 13.2. The first-order chi connectivity index (χ1) is 17.6. The number of aromatic nitrogens is 2. The van der Waals surface area contributed by atoms with Crippen LogP contribution in [0.15, 0.2) is 114 Å². The summed E-state index contributed by atoms with van der Waals surface area (Å²) in [6.07, 6.45) is -1.25. The Labute approximate surface area is 210 Å². The van der Waals surface area contributed by atoms with Crippen molar-refractivity contribution in [2.45, 2.75) is 25.7 Å². The van der Waals surface area contributed by atoms with Gasteiger partial charge in [-0.25, -0.2) is 4.68 Å². The summed E-state index contributed by atoms with van der Waals surface area (Å²) in [4.78, 5) is 13.2. The minimum absolute atomic E-state index is 0.0266. The van der Waals surface area contributed by atoms with E-state index in [0.717, 1.165) is 27.6 Å². The molecule has 1 aromatic heterocycles. The fourth-order valence-electron chi connectivity index (χ4n) is 4.50. The van der Waals surface area contributed by atoms with Gasteiger partial charge in [0.05, 0.1) is 30.3 Å². The van der Waals surface area contributed by atoms with Crippen LogP contribution in [-0.4, -0.2) is 27.6 Å². The highest BCUT2D eigenvalue weighted by atomic mass is 16.5. The molecule has 36 heavy (non-hydrogen) atoms. The lowest BCUT2D eigenvalue weighted by molar-refractivity contribution is -0.00254. The lowest BCUT2D eigenvalue weighted by Crippen LogP contribution is -2.32. The Morgan fingerprint density at radius 1 is 0.806 bits per heavy atom. The molecule has 5 rings (SSSR count). The first-order valence-corrected chi connectivity index (χ1v) is 12.1. The smallest absolute Gasteiger partial charge is 0.274 e. The van der Waals surface area contributed by atoms with Crippen LogP contribution in [-0.2, 0) is 11.3 Å². The van der Waals surface area contributed by atoms with Crippen molar-refractivity contribution in [3.05, 3.63) is 136 Å². The molecule has 0 aliphatic heterocycles. The fraction of sp³-hybridized carbons (Fsp3) is 0.161. The minimum atomic E-state index is -0.921. The molecular weight excluding hydrogens is 448 g/mol. The van der Waals surface area contributed by atoms with Crippen LogP contribution in [0.1, 0.15) is 22.8 Å². The van der Waals surface area contributed by atoms with E-state index in [1.165, 1.54) is 4.68 Å². The predicted octanol–water partition coefficient (Wildman–Crippen LogP) is 5.54. The molecule has 1 N–H and O–H groups in total. The number of benzene rings is 4. The number of rotatable bonds is 8. The monoisotopic (exact) mass is 476 g/mol. The van der Waals surface area contributed by atoms with Gasteiger partial charge in [0.2, 0.25) is 0 Å². The predicted molar refractivity (Wildman–Crippen MR) is 143 cm³/mol. The van der Waals surface area contributed by atoms with Crippen LogP contribution in [0.25, 0.3) is 22.0 Å². The van der Waals surface area contributed by atoms with Gasteiger partial charge in [0.1, 0.15) is 6.10 Å². The molecule has 0 saturated carbocycles. The van der Waals surface area contributed by atoms with Crippen molar-refractivity contribution in [1.82, 2.24) is 9.78 Å². The van der Waals surface area contributed by atoms with Crippen molar-refractivity contribution in [3.63, 3.8) is 0 Å². The van der Waals surface area contributed by atoms with Gasteiger partial charge in [0.15, 0.2) is 0 Å². The second-order valence-electron chi connectivity index (χ2n) is 8.88. The van der Waals surface area contributed by atoms with E-state index in [9.17, 15) is 9.90 Å². The van der Waals surface area contributed by atoms with Gasteiger partial charge in [-0.2, -0.15) is 5.10 Å². The number of fused-ring (bicyclic) bond motifs is 1. The molecule has 0 spiro atoms. The number of hydrogen-bond donors (Lipinski definition) is 1. The molecule has 4 aromatic carbocycles.